The van der Waals surface area contributed by atoms with Crippen LogP contribution in [0.1, 0.15) is 90.9 Å². The minimum absolute atomic E-state index is 0.0438. The van der Waals surface area contributed by atoms with Gasteiger partial charge in [-0.05, 0) is 56.4 Å². The zero-order chi connectivity index (χ0) is 20.5. The van der Waals surface area contributed by atoms with Gasteiger partial charge in [0.15, 0.2) is 0 Å². The van der Waals surface area contributed by atoms with Crippen molar-refractivity contribution >= 4 is 5.97 Å². The second-order valence-electron chi connectivity index (χ2n) is 9.16. The van der Waals surface area contributed by atoms with E-state index in [4.69, 9.17) is 9.47 Å². The first-order valence-electron chi connectivity index (χ1n) is 12.0. The number of carbonyl (C=O) groups is 1. The Morgan fingerprint density at radius 2 is 1.48 bits per heavy atom. The number of hydrogen-bond acceptors (Lipinski definition) is 4. The summed E-state index contributed by atoms with van der Waals surface area (Å²) >= 11 is 0. The van der Waals surface area contributed by atoms with Crippen molar-refractivity contribution in [3.63, 3.8) is 0 Å². The standard InChI is InChI=1S/C25H39NO3/c1-3-5-19-6-8-20(9-7-19)10-11-21-12-14-22(15-13-21)25(27)29-23-16-17-24(26-18-23)28-4-2/h16-22H,3-15H2,1-2H3. The summed E-state index contributed by atoms with van der Waals surface area (Å²) in [4.78, 5) is 16.7. The van der Waals surface area contributed by atoms with Crippen molar-refractivity contribution < 1.29 is 14.3 Å². The number of carbonyl (C=O) groups excluding carboxylic acids is 1. The van der Waals surface area contributed by atoms with Crippen LogP contribution in [0.5, 0.6) is 11.6 Å². The van der Waals surface area contributed by atoms with Crippen LogP contribution in [-0.2, 0) is 4.79 Å². The SMILES string of the molecule is CCCC1CCC(CCC2CCC(C(=O)Oc3ccc(OCC)nc3)CC2)CC1. The minimum atomic E-state index is -0.0938. The molecule has 2 fully saturated rings. The number of hydrogen-bond donors (Lipinski definition) is 0. The van der Waals surface area contributed by atoms with Gasteiger partial charge in [-0.3, -0.25) is 4.79 Å². The Balaban J connectivity index is 1.33. The summed E-state index contributed by atoms with van der Waals surface area (Å²) in [6, 6.07) is 3.51. The van der Waals surface area contributed by atoms with Crippen LogP contribution in [-0.4, -0.2) is 17.6 Å². The molecule has 0 atom stereocenters. The van der Waals surface area contributed by atoms with Crippen LogP contribution in [0.2, 0.25) is 0 Å². The van der Waals surface area contributed by atoms with Gasteiger partial charge in [-0.2, -0.15) is 0 Å². The van der Waals surface area contributed by atoms with Gasteiger partial charge in [-0.15, -0.1) is 0 Å². The molecule has 162 valence electrons. The van der Waals surface area contributed by atoms with E-state index in [2.05, 4.69) is 11.9 Å². The molecule has 4 heteroatoms. The summed E-state index contributed by atoms with van der Waals surface area (Å²) in [5.41, 5.74) is 0. The molecule has 0 saturated heterocycles. The molecular formula is C25H39NO3. The maximum Gasteiger partial charge on any atom is 0.314 e. The van der Waals surface area contributed by atoms with Crippen LogP contribution in [0.3, 0.4) is 0 Å². The average molecular weight is 402 g/mol. The van der Waals surface area contributed by atoms with Gasteiger partial charge in [0.2, 0.25) is 5.88 Å². The van der Waals surface area contributed by atoms with Gasteiger partial charge in [0.05, 0.1) is 18.7 Å². The Morgan fingerprint density at radius 1 is 0.897 bits per heavy atom. The van der Waals surface area contributed by atoms with Crippen LogP contribution < -0.4 is 9.47 Å². The number of nitrogens with zero attached hydrogens (tertiary/aromatic N) is 1. The molecule has 0 radical (unpaired) electrons. The highest BCUT2D eigenvalue weighted by atomic mass is 16.5. The second-order valence-corrected chi connectivity index (χ2v) is 9.16. The van der Waals surface area contributed by atoms with E-state index in [0.29, 0.717) is 18.2 Å². The maximum atomic E-state index is 12.5. The zero-order valence-electron chi connectivity index (χ0n) is 18.4. The fourth-order valence-electron chi connectivity index (χ4n) is 5.24. The smallest absolute Gasteiger partial charge is 0.314 e. The number of pyridine rings is 1. The molecule has 0 aromatic carbocycles. The molecule has 0 spiro atoms. The van der Waals surface area contributed by atoms with Crippen molar-refractivity contribution in [1.29, 1.82) is 0 Å². The van der Waals surface area contributed by atoms with Gasteiger partial charge in [0, 0.05) is 6.07 Å². The van der Waals surface area contributed by atoms with Crippen LogP contribution >= 0.6 is 0 Å². The fourth-order valence-corrected chi connectivity index (χ4v) is 5.24. The Kier molecular flexibility index (Phi) is 8.82. The Labute approximate surface area is 176 Å². The lowest BCUT2D eigenvalue weighted by atomic mass is 9.75. The maximum absolute atomic E-state index is 12.5. The third kappa shape index (κ3) is 7.01. The molecule has 0 amide bonds. The van der Waals surface area contributed by atoms with Crippen LogP contribution in [0.15, 0.2) is 18.3 Å². The predicted molar refractivity (Wildman–Crippen MR) is 116 cm³/mol. The highest BCUT2D eigenvalue weighted by Gasteiger charge is 2.29. The summed E-state index contributed by atoms with van der Waals surface area (Å²) in [5, 5.41) is 0. The van der Waals surface area contributed by atoms with Gasteiger partial charge in [-0.25, -0.2) is 4.98 Å². The number of ether oxygens (including phenoxy) is 2. The highest BCUT2D eigenvalue weighted by Crippen LogP contribution is 2.37. The molecule has 0 bridgehead atoms. The van der Waals surface area contributed by atoms with Crippen molar-refractivity contribution in [2.24, 2.45) is 23.7 Å². The van der Waals surface area contributed by atoms with E-state index in [-0.39, 0.29) is 11.9 Å². The summed E-state index contributed by atoms with van der Waals surface area (Å²) in [6.07, 6.45) is 17.2. The molecule has 2 saturated carbocycles. The van der Waals surface area contributed by atoms with E-state index < -0.39 is 0 Å². The third-order valence-corrected chi connectivity index (χ3v) is 7.05. The average Bonchev–Trinajstić information content (AvgIpc) is 2.75. The van der Waals surface area contributed by atoms with E-state index in [0.717, 1.165) is 30.6 Å². The molecule has 2 aliphatic carbocycles. The van der Waals surface area contributed by atoms with Crippen LogP contribution in [0.25, 0.3) is 0 Å². The molecule has 1 aromatic heterocycles. The van der Waals surface area contributed by atoms with Gasteiger partial charge in [0.1, 0.15) is 5.75 Å². The van der Waals surface area contributed by atoms with Gasteiger partial charge in [0.25, 0.3) is 0 Å². The first kappa shape index (κ1) is 22.1. The topological polar surface area (TPSA) is 48.4 Å². The van der Waals surface area contributed by atoms with Crippen molar-refractivity contribution in [2.75, 3.05) is 6.61 Å². The predicted octanol–water partition coefficient (Wildman–Crippen LogP) is 6.58. The molecule has 1 aromatic rings. The van der Waals surface area contributed by atoms with Crippen molar-refractivity contribution in [3.8, 4) is 11.6 Å². The Bertz CT molecular complexity index is 599. The lowest BCUT2D eigenvalue weighted by molar-refractivity contribution is -0.140. The summed E-state index contributed by atoms with van der Waals surface area (Å²) in [5.74, 6) is 3.79. The summed E-state index contributed by atoms with van der Waals surface area (Å²) in [6.45, 7) is 4.81. The fraction of sp³-hybridized carbons (Fsp3) is 0.760. The molecule has 0 aliphatic heterocycles. The molecule has 3 rings (SSSR count). The lowest BCUT2D eigenvalue weighted by Gasteiger charge is -2.31. The minimum Gasteiger partial charge on any atom is -0.478 e. The Morgan fingerprint density at radius 3 is 2.00 bits per heavy atom. The third-order valence-electron chi connectivity index (χ3n) is 7.05. The molecule has 29 heavy (non-hydrogen) atoms. The van der Waals surface area contributed by atoms with E-state index in [1.807, 2.05) is 6.92 Å². The molecular weight excluding hydrogens is 362 g/mol. The van der Waals surface area contributed by atoms with Gasteiger partial charge in [-0.1, -0.05) is 58.3 Å². The lowest BCUT2D eigenvalue weighted by Crippen LogP contribution is -2.26. The van der Waals surface area contributed by atoms with Crippen molar-refractivity contribution in [2.45, 2.75) is 90.9 Å². The molecule has 1 heterocycles. The second kappa shape index (κ2) is 11.6. The molecule has 0 unspecified atom stereocenters. The van der Waals surface area contributed by atoms with Gasteiger partial charge >= 0.3 is 5.97 Å². The quantitative estimate of drug-likeness (QED) is 0.439. The first-order chi connectivity index (χ1) is 14.2. The van der Waals surface area contributed by atoms with Crippen LogP contribution in [0, 0.1) is 23.7 Å². The van der Waals surface area contributed by atoms with E-state index in [9.17, 15) is 4.79 Å². The normalized spacial score (nSPS) is 27.4. The highest BCUT2D eigenvalue weighted by molar-refractivity contribution is 5.75. The Hall–Kier alpha value is -1.58. The van der Waals surface area contributed by atoms with E-state index in [1.165, 1.54) is 64.2 Å². The number of aromatic nitrogens is 1. The first-order valence-corrected chi connectivity index (χ1v) is 12.0. The zero-order valence-corrected chi connectivity index (χ0v) is 18.4. The van der Waals surface area contributed by atoms with Crippen LogP contribution in [0.4, 0.5) is 0 Å². The summed E-state index contributed by atoms with van der Waals surface area (Å²) < 4.78 is 10.9. The summed E-state index contributed by atoms with van der Waals surface area (Å²) in [7, 11) is 0. The van der Waals surface area contributed by atoms with E-state index in [1.54, 1.807) is 18.3 Å². The largest absolute Gasteiger partial charge is 0.478 e. The van der Waals surface area contributed by atoms with Crippen molar-refractivity contribution in [3.05, 3.63) is 18.3 Å². The molecule has 0 N–H and O–H groups in total. The molecule has 2 aliphatic rings. The number of esters is 1. The van der Waals surface area contributed by atoms with E-state index >= 15 is 0 Å². The molecule has 4 nitrogen and oxygen atoms in total. The monoisotopic (exact) mass is 401 g/mol. The van der Waals surface area contributed by atoms with Gasteiger partial charge < -0.3 is 9.47 Å². The number of rotatable bonds is 9. The van der Waals surface area contributed by atoms with Crippen molar-refractivity contribution in [1.82, 2.24) is 4.98 Å².